The van der Waals surface area contributed by atoms with Crippen LogP contribution in [0.4, 0.5) is 0 Å². The van der Waals surface area contributed by atoms with Crippen LogP contribution in [0.1, 0.15) is 45.3 Å². The average Bonchev–Trinajstić information content (AvgIpc) is 2.77. The van der Waals surface area contributed by atoms with E-state index in [9.17, 15) is 4.79 Å². The minimum absolute atomic E-state index is 0.124. The number of rotatable bonds is 3. The molecule has 0 fully saturated rings. The molecule has 96 valence electrons. The minimum atomic E-state index is -0.124. The molecule has 0 aliphatic rings. The van der Waals surface area contributed by atoms with E-state index >= 15 is 0 Å². The van der Waals surface area contributed by atoms with Gasteiger partial charge in [-0.05, 0) is 19.8 Å². The first-order chi connectivity index (χ1) is 8.47. The van der Waals surface area contributed by atoms with Crippen LogP contribution in [0.2, 0.25) is 0 Å². The maximum Gasteiger partial charge on any atom is 0.251 e. The van der Waals surface area contributed by atoms with E-state index in [-0.39, 0.29) is 11.5 Å². The molecule has 0 aliphatic carbocycles. The standard InChI is InChI=1S/C13H18N4O/c1-8(2)11-5-12(18)16-13(15-11)10-6-14-17(7-10)9(3)4/h5-9H,1-4H3,(H,15,16,18). The Morgan fingerprint density at radius 2 is 2.00 bits per heavy atom. The monoisotopic (exact) mass is 246 g/mol. The van der Waals surface area contributed by atoms with Gasteiger partial charge in [0.05, 0.1) is 17.5 Å². The summed E-state index contributed by atoms with van der Waals surface area (Å²) in [5.74, 6) is 0.810. The summed E-state index contributed by atoms with van der Waals surface area (Å²) in [7, 11) is 0. The molecule has 0 unspecified atom stereocenters. The Balaban J connectivity index is 2.46. The second kappa shape index (κ2) is 4.76. The van der Waals surface area contributed by atoms with E-state index in [1.54, 1.807) is 12.3 Å². The number of nitrogens with one attached hydrogen (secondary N) is 1. The van der Waals surface area contributed by atoms with E-state index in [0.29, 0.717) is 11.9 Å². The Morgan fingerprint density at radius 3 is 2.56 bits per heavy atom. The summed E-state index contributed by atoms with van der Waals surface area (Å²) < 4.78 is 1.84. The van der Waals surface area contributed by atoms with Crippen LogP contribution in [0.25, 0.3) is 11.4 Å². The van der Waals surface area contributed by atoms with Crippen molar-refractivity contribution < 1.29 is 0 Å². The van der Waals surface area contributed by atoms with Crippen LogP contribution in [-0.2, 0) is 0 Å². The fourth-order valence-electron chi connectivity index (χ4n) is 1.65. The van der Waals surface area contributed by atoms with Gasteiger partial charge in [-0.2, -0.15) is 5.10 Å². The van der Waals surface area contributed by atoms with Gasteiger partial charge in [-0.25, -0.2) is 4.98 Å². The SMILES string of the molecule is CC(C)c1cc(=O)[nH]c(-c2cnn(C(C)C)c2)n1. The minimum Gasteiger partial charge on any atom is -0.306 e. The zero-order chi connectivity index (χ0) is 13.3. The largest absolute Gasteiger partial charge is 0.306 e. The summed E-state index contributed by atoms with van der Waals surface area (Å²) in [5, 5.41) is 4.25. The molecule has 2 heterocycles. The molecule has 5 heteroatoms. The molecule has 2 aromatic heterocycles. The van der Waals surface area contributed by atoms with Crippen LogP contribution < -0.4 is 5.56 Å². The molecule has 0 radical (unpaired) electrons. The molecule has 5 nitrogen and oxygen atoms in total. The summed E-state index contributed by atoms with van der Waals surface area (Å²) in [5.41, 5.74) is 1.51. The number of aromatic nitrogens is 4. The van der Waals surface area contributed by atoms with Crippen LogP contribution >= 0.6 is 0 Å². The molecule has 18 heavy (non-hydrogen) atoms. The lowest BCUT2D eigenvalue weighted by Crippen LogP contribution is -2.11. The van der Waals surface area contributed by atoms with E-state index in [1.807, 2.05) is 24.7 Å². The van der Waals surface area contributed by atoms with Gasteiger partial charge in [0.25, 0.3) is 5.56 Å². The quantitative estimate of drug-likeness (QED) is 0.904. The molecule has 0 atom stereocenters. The molecule has 0 spiro atoms. The Morgan fingerprint density at radius 1 is 1.28 bits per heavy atom. The molecule has 1 N–H and O–H groups in total. The third kappa shape index (κ3) is 2.50. The molecule has 0 bridgehead atoms. The average molecular weight is 246 g/mol. The van der Waals surface area contributed by atoms with Crippen molar-refractivity contribution in [1.82, 2.24) is 19.7 Å². The van der Waals surface area contributed by atoms with Gasteiger partial charge in [0, 0.05) is 18.3 Å². The highest BCUT2D eigenvalue weighted by molar-refractivity contribution is 5.52. The number of H-pyrrole nitrogens is 1. The van der Waals surface area contributed by atoms with Crippen LogP contribution in [0, 0.1) is 0 Å². The van der Waals surface area contributed by atoms with Gasteiger partial charge in [-0.1, -0.05) is 13.8 Å². The maximum absolute atomic E-state index is 11.6. The topological polar surface area (TPSA) is 63.6 Å². The highest BCUT2D eigenvalue weighted by atomic mass is 16.1. The van der Waals surface area contributed by atoms with Crippen molar-refractivity contribution in [3.8, 4) is 11.4 Å². The highest BCUT2D eigenvalue weighted by Crippen LogP contribution is 2.17. The second-order valence-corrected chi connectivity index (χ2v) is 4.98. The Labute approximate surface area is 106 Å². The Kier molecular flexibility index (Phi) is 3.32. The van der Waals surface area contributed by atoms with Crippen LogP contribution in [0.3, 0.4) is 0 Å². The van der Waals surface area contributed by atoms with Gasteiger partial charge in [0.2, 0.25) is 0 Å². The van der Waals surface area contributed by atoms with Gasteiger partial charge in [-0.15, -0.1) is 0 Å². The number of hydrogen-bond donors (Lipinski definition) is 1. The normalized spacial score (nSPS) is 11.4. The first kappa shape index (κ1) is 12.5. The van der Waals surface area contributed by atoms with Crippen molar-refractivity contribution in [1.29, 1.82) is 0 Å². The van der Waals surface area contributed by atoms with E-state index in [2.05, 4.69) is 28.9 Å². The Hall–Kier alpha value is -1.91. The van der Waals surface area contributed by atoms with Crippen molar-refractivity contribution in [3.63, 3.8) is 0 Å². The van der Waals surface area contributed by atoms with Gasteiger partial charge >= 0.3 is 0 Å². The summed E-state index contributed by atoms with van der Waals surface area (Å²) >= 11 is 0. The zero-order valence-electron chi connectivity index (χ0n) is 11.1. The predicted molar refractivity (Wildman–Crippen MR) is 70.6 cm³/mol. The number of hydrogen-bond acceptors (Lipinski definition) is 3. The molecule has 0 saturated heterocycles. The van der Waals surface area contributed by atoms with E-state index in [1.165, 1.54) is 0 Å². The summed E-state index contributed by atoms with van der Waals surface area (Å²) in [6, 6.07) is 1.83. The van der Waals surface area contributed by atoms with E-state index in [0.717, 1.165) is 11.3 Å². The van der Waals surface area contributed by atoms with Crippen molar-refractivity contribution >= 4 is 0 Å². The van der Waals surface area contributed by atoms with Crippen molar-refractivity contribution in [3.05, 3.63) is 34.5 Å². The second-order valence-electron chi connectivity index (χ2n) is 4.98. The summed E-state index contributed by atoms with van der Waals surface area (Å²) in [6.07, 6.45) is 3.62. The number of aromatic amines is 1. The molecular formula is C13H18N4O. The smallest absolute Gasteiger partial charge is 0.251 e. The summed E-state index contributed by atoms with van der Waals surface area (Å²) in [4.78, 5) is 18.8. The molecule has 2 aromatic rings. The zero-order valence-corrected chi connectivity index (χ0v) is 11.1. The lowest BCUT2D eigenvalue weighted by atomic mass is 10.1. The molecular weight excluding hydrogens is 228 g/mol. The van der Waals surface area contributed by atoms with E-state index < -0.39 is 0 Å². The molecule has 0 saturated carbocycles. The van der Waals surface area contributed by atoms with Crippen LogP contribution in [0.5, 0.6) is 0 Å². The molecule has 0 aliphatic heterocycles. The van der Waals surface area contributed by atoms with E-state index in [4.69, 9.17) is 0 Å². The fraction of sp³-hybridized carbons (Fsp3) is 0.462. The van der Waals surface area contributed by atoms with Gasteiger partial charge < -0.3 is 4.98 Å². The van der Waals surface area contributed by atoms with Gasteiger partial charge in [0.15, 0.2) is 0 Å². The highest BCUT2D eigenvalue weighted by Gasteiger charge is 2.09. The summed E-state index contributed by atoms with van der Waals surface area (Å²) in [6.45, 7) is 8.14. The third-order valence-electron chi connectivity index (χ3n) is 2.76. The lowest BCUT2D eigenvalue weighted by molar-refractivity contribution is 0.532. The molecule has 0 amide bonds. The van der Waals surface area contributed by atoms with Gasteiger partial charge in [-0.3, -0.25) is 9.48 Å². The first-order valence-electron chi connectivity index (χ1n) is 6.13. The first-order valence-corrected chi connectivity index (χ1v) is 6.13. The third-order valence-corrected chi connectivity index (χ3v) is 2.76. The van der Waals surface area contributed by atoms with Crippen molar-refractivity contribution in [2.75, 3.05) is 0 Å². The van der Waals surface area contributed by atoms with Crippen LogP contribution in [-0.4, -0.2) is 19.7 Å². The maximum atomic E-state index is 11.6. The van der Waals surface area contributed by atoms with Gasteiger partial charge in [0.1, 0.15) is 5.82 Å². The Bertz CT molecular complexity index is 595. The predicted octanol–water partition coefficient (Wildman–Crippen LogP) is 2.34. The lowest BCUT2D eigenvalue weighted by Gasteiger charge is -2.05. The van der Waals surface area contributed by atoms with Crippen molar-refractivity contribution in [2.24, 2.45) is 0 Å². The molecule has 2 rings (SSSR count). The van der Waals surface area contributed by atoms with Crippen LogP contribution in [0.15, 0.2) is 23.3 Å². The number of nitrogens with zero attached hydrogens (tertiary/aromatic N) is 3. The molecule has 0 aromatic carbocycles. The fourth-order valence-corrected chi connectivity index (χ4v) is 1.65. The van der Waals surface area contributed by atoms with Crippen molar-refractivity contribution in [2.45, 2.75) is 39.7 Å².